The molecule has 0 aliphatic carbocycles. The van der Waals surface area contributed by atoms with Crippen LogP contribution in [0.2, 0.25) is 0 Å². The van der Waals surface area contributed by atoms with Gasteiger partial charge in [0, 0.05) is 6.42 Å². The predicted octanol–water partition coefficient (Wildman–Crippen LogP) is 2.06. The van der Waals surface area contributed by atoms with Crippen molar-refractivity contribution < 1.29 is 14.3 Å². The minimum Gasteiger partial charge on any atom is -0.343 e. The Morgan fingerprint density at radius 1 is 1.57 bits per heavy atom. The van der Waals surface area contributed by atoms with E-state index in [1.165, 1.54) is 0 Å². The van der Waals surface area contributed by atoms with Gasteiger partial charge in [0.1, 0.15) is 12.2 Å². The lowest BCUT2D eigenvalue weighted by atomic mass is 9.90. The molecule has 0 amide bonds. The molecule has 80 valence electrons. The summed E-state index contributed by atoms with van der Waals surface area (Å²) in [6, 6.07) is 0. The van der Waals surface area contributed by atoms with Crippen LogP contribution in [0.3, 0.4) is 0 Å². The molecule has 0 unspecified atom stereocenters. The van der Waals surface area contributed by atoms with Gasteiger partial charge in [-0.05, 0) is 20.3 Å². The zero-order chi connectivity index (χ0) is 10.8. The quantitative estimate of drug-likeness (QED) is 0.651. The van der Waals surface area contributed by atoms with E-state index in [4.69, 9.17) is 9.47 Å². The third-order valence-corrected chi connectivity index (χ3v) is 2.55. The maximum atomic E-state index is 11.7. The van der Waals surface area contributed by atoms with Crippen molar-refractivity contribution in [3.8, 4) is 0 Å². The molecule has 0 N–H and O–H groups in total. The van der Waals surface area contributed by atoms with E-state index in [1.807, 2.05) is 20.8 Å². The lowest BCUT2D eigenvalue weighted by Crippen LogP contribution is -2.55. The van der Waals surface area contributed by atoms with E-state index in [1.54, 1.807) is 6.08 Å². The molecule has 1 rings (SSSR count). The van der Waals surface area contributed by atoms with Crippen molar-refractivity contribution in [2.75, 3.05) is 6.61 Å². The van der Waals surface area contributed by atoms with Gasteiger partial charge < -0.3 is 9.47 Å². The molecule has 3 nitrogen and oxygen atoms in total. The van der Waals surface area contributed by atoms with E-state index in [0.717, 1.165) is 0 Å². The molecule has 0 radical (unpaired) electrons. The van der Waals surface area contributed by atoms with E-state index in [9.17, 15) is 4.79 Å². The van der Waals surface area contributed by atoms with Crippen LogP contribution in [-0.4, -0.2) is 23.8 Å². The Morgan fingerprint density at radius 2 is 2.21 bits per heavy atom. The summed E-state index contributed by atoms with van der Waals surface area (Å²) < 4.78 is 11.0. The van der Waals surface area contributed by atoms with Crippen LogP contribution >= 0.6 is 0 Å². The van der Waals surface area contributed by atoms with Crippen LogP contribution in [0.15, 0.2) is 12.7 Å². The Balaban J connectivity index is 2.90. The summed E-state index contributed by atoms with van der Waals surface area (Å²) in [4.78, 5) is 11.7. The van der Waals surface area contributed by atoms with Crippen LogP contribution < -0.4 is 0 Å². The Morgan fingerprint density at radius 3 is 2.71 bits per heavy atom. The minimum atomic E-state index is -0.719. The maximum absolute atomic E-state index is 11.7. The smallest absolute Gasteiger partial charge is 0.190 e. The normalized spacial score (nSPS) is 31.5. The third kappa shape index (κ3) is 2.04. The van der Waals surface area contributed by atoms with Crippen molar-refractivity contribution >= 4 is 5.78 Å². The number of carbonyl (C=O) groups is 1. The monoisotopic (exact) mass is 198 g/mol. The Hall–Kier alpha value is -0.670. The number of rotatable bonds is 3. The molecular weight excluding hydrogens is 180 g/mol. The third-order valence-electron chi connectivity index (χ3n) is 2.55. The lowest BCUT2D eigenvalue weighted by molar-refractivity contribution is -0.288. The van der Waals surface area contributed by atoms with E-state index >= 15 is 0 Å². The summed E-state index contributed by atoms with van der Waals surface area (Å²) in [5.41, 5.74) is -0.719. The molecular formula is C11H18O3. The molecule has 0 bridgehead atoms. The fourth-order valence-electron chi connectivity index (χ4n) is 1.73. The number of hydrogen-bond donors (Lipinski definition) is 0. The first-order valence-electron chi connectivity index (χ1n) is 4.94. The van der Waals surface area contributed by atoms with E-state index in [-0.39, 0.29) is 12.4 Å². The molecule has 0 spiro atoms. The van der Waals surface area contributed by atoms with Crippen molar-refractivity contribution in [1.82, 2.24) is 0 Å². The molecule has 1 saturated heterocycles. The van der Waals surface area contributed by atoms with E-state index in [0.29, 0.717) is 12.8 Å². The van der Waals surface area contributed by atoms with Gasteiger partial charge in [0.15, 0.2) is 11.6 Å². The molecule has 1 aliphatic heterocycles. The van der Waals surface area contributed by atoms with Gasteiger partial charge in [0.2, 0.25) is 0 Å². The summed E-state index contributed by atoms with van der Waals surface area (Å²) in [5.74, 6) is -0.661. The van der Waals surface area contributed by atoms with Gasteiger partial charge in [-0.2, -0.15) is 0 Å². The van der Waals surface area contributed by atoms with Gasteiger partial charge in [-0.25, -0.2) is 0 Å². The largest absolute Gasteiger partial charge is 0.343 e. The summed E-state index contributed by atoms with van der Waals surface area (Å²) in [6.45, 7) is 9.39. The summed E-state index contributed by atoms with van der Waals surface area (Å²) in [7, 11) is 0. The summed E-state index contributed by atoms with van der Waals surface area (Å²) >= 11 is 0. The van der Waals surface area contributed by atoms with Crippen molar-refractivity contribution in [2.24, 2.45) is 0 Å². The first-order chi connectivity index (χ1) is 6.46. The number of Topliss-reactive ketones (excluding diaryl/α,β-unsaturated/α-hetero) is 1. The molecule has 1 fully saturated rings. The zero-order valence-electron chi connectivity index (χ0n) is 9.13. The molecule has 1 atom stereocenters. The van der Waals surface area contributed by atoms with Gasteiger partial charge in [0.25, 0.3) is 0 Å². The maximum Gasteiger partial charge on any atom is 0.190 e. The number of hydrogen-bond acceptors (Lipinski definition) is 3. The van der Waals surface area contributed by atoms with Gasteiger partial charge in [-0.15, -0.1) is 6.58 Å². The van der Waals surface area contributed by atoms with Crippen molar-refractivity contribution in [3.05, 3.63) is 12.7 Å². The fourth-order valence-corrected chi connectivity index (χ4v) is 1.73. The molecule has 14 heavy (non-hydrogen) atoms. The van der Waals surface area contributed by atoms with Crippen LogP contribution in [0.4, 0.5) is 0 Å². The first-order valence-corrected chi connectivity index (χ1v) is 4.94. The Kier molecular flexibility index (Phi) is 3.12. The minimum absolute atomic E-state index is 0.0132. The van der Waals surface area contributed by atoms with Crippen molar-refractivity contribution in [2.45, 2.75) is 45.0 Å². The topological polar surface area (TPSA) is 35.5 Å². The molecule has 0 saturated carbocycles. The number of ether oxygens (including phenoxy) is 2. The van der Waals surface area contributed by atoms with Crippen LogP contribution in [-0.2, 0) is 14.3 Å². The second kappa shape index (κ2) is 3.83. The van der Waals surface area contributed by atoms with E-state index < -0.39 is 11.4 Å². The van der Waals surface area contributed by atoms with Crippen molar-refractivity contribution in [1.29, 1.82) is 0 Å². The first kappa shape index (κ1) is 11.4. The zero-order valence-corrected chi connectivity index (χ0v) is 9.13. The summed E-state index contributed by atoms with van der Waals surface area (Å²) in [5, 5.41) is 0. The SMILES string of the molecule is C=CC[C@]1(CC)OC(C)(C)OCC1=O. The van der Waals surface area contributed by atoms with Gasteiger partial charge in [-0.1, -0.05) is 13.0 Å². The predicted molar refractivity (Wildman–Crippen MR) is 54.0 cm³/mol. The lowest BCUT2D eigenvalue weighted by Gasteiger charge is -2.43. The standard InChI is InChI=1S/C11H18O3/c1-5-7-11(6-2)9(12)8-13-10(3,4)14-11/h5H,1,6-8H2,2-4H3/t11-/m0/s1. The highest BCUT2D eigenvalue weighted by Gasteiger charge is 2.46. The molecule has 1 heterocycles. The second-order valence-electron chi connectivity index (χ2n) is 4.05. The van der Waals surface area contributed by atoms with Crippen LogP contribution in [0, 0.1) is 0 Å². The molecule has 0 aromatic heterocycles. The Bertz CT molecular complexity index is 245. The molecule has 3 heteroatoms. The fraction of sp³-hybridized carbons (Fsp3) is 0.727. The van der Waals surface area contributed by atoms with Crippen LogP contribution in [0.1, 0.15) is 33.6 Å². The number of carbonyl (C=O) groups excluding carboxylic acids is 1. The van der Waals surface area contributed by atoms with Crippen LogP contribution in [0.25, 0.3) is 0 Å². The highest BCUT2D eigenvalue weighted by atomic mass is 16.7. The van der Waals surface area contributed by atoms with Gasteiger partial charge >= 0.3 is 0 Å². The van der Waals surface area contributed by atoms with E-state index in [2.05, 4.69) is 6.58 Å². The summed E-state index contributed by atoms with van der Waals surface area (Å²) in [6.07, 6.45) is 2.93. The number of ketones is 1. The highest BCUT2D eigenvalue weighted by Crippen LogP contribution is 2.33. The van der Waals surface area contributed by atoms with Crippen molar-refractivity contribution in [3.63, 3.8) is 0 Å². The van der Waals surface area contributed by atoms with Gasteiger partial charge in [0.05, 0.1) is 0 Å². The Labute approximate surface area is 85.1 Å². The molecule has 0 aromatic rings. The second-order valence-corrected chi connectivity index (χ2v) is 4.05. The average molecular weight is 198 g/mol. The highest BCUT2D eigenvalue weighted by molar-refractivity contribution is 5.89. The molecule has 0 aromatic carbocycles. The average Bonchev–Trinajstić information content (AvgIpc) is 2.11. The molecule has 1 aliphatic rings. The van der Waals surface area contributed by atoms with Gasteiger partial charge in [-0.3, -0.25) is 4.79 Å². The van der Waals surface area contributed by atoms with Crippen LogP contribution in [0.5, 0.6) is 0 Å².